The number of hydrogen-bond donors (Lipinski definition) is 0. The molecule has 0 unspecified atom stereocenters. The van der Waals surface area contributed by atoms with Gasteiger partial charge in [0.1, 0.15) is 11.4 Å². The topological polar surface area (TPSA) is 41.5 Å². The van der Waals surface area contributed by atoms with Gasteiger partial charge in [-0.15, -0.1) is 0 Å². The molecule has 2 fully saturated rings. The number of halogens is 1. The summed E-state index contributed by atoms with van der Waals surface area (Å²) in [7, 11) is 0. The van der Waals surface area contributed by atoms with Crippen molar-refractivity contribution in [3.8, 4) is 0 Å². The van der Waals surface area contributed by atoms with Crippen LogP contribution >= 0.6 is 0 Å². The van der Waals surface area contributed by atoms with Crippen LogP contribution in [0, 0.1) is 5.82 Å². The smallest absolute Gasteiger partial charge is 0.225 e. The summed E-state index contributed by atoms with van der Waals surface area (Å²) in [5.41, 5.74) is 0.674. The molecule has 1 aromatic carbocycles. The predicted molar refractivity (Wildman–Crippen MR) is 90.8 cm³/mol. The van der Waals surface area contributed by atoms with Gasteiger partial charge in [-0.3, -0.25) is 0 Å². The van der Waals surface area contributed by atoms with Gasteiger partial charge in [-0.2, -0.15) is 0 Å². The maximum Gasteiger partial charge on any atom is 0.225 e. The highest BCUT2D eigenvalue weighted by atomic mass is 19.1. The second kappa shape index (κ2) is 6.36. The first-order valence-corrected chi connectivity index (χ1v) is 8.41. The zero-order chi connectivity index (χ0) is 16.4. The highest BCUT2D eigenvalue weighted by Gasteiger charge is 2.41. The molecule has 24 heavy (non-hydrogen) atoms. The van der Waals surface area contributed by atoms with Gasteiger partial charge in [-0.1, -0.05) is 6.07 Å². The molecule has 0 aliphatic carbocycles. The molecule has 0 bridgehead atoms. The molecule has 3 heterocycles. The zero-order valence-electron chi connectivity index (χ0n) is 13.6. The number of morpholine rings is 1. The summed E-state index contributed by atoms with van der Waals surface area (Å²) >= 11 is 0. The Kier molecular flexibility index (Phi) is 4.06. The van der Waals surface area contributed by atoms with Crippen molar-refractivity contribution in [2.75, 3.05) is 42.6 Å². The van der Waals surface area contributed by atoms with Gasteiger partial charge < -0.3 is 14.5 Å². The summed E-state index contributed by atoms with van der Waals surface area (Å²) in [5, 5.41) is 0. The van der Waals surface area contributed by atoms with Crippen LogP contribution in [0.5, 0.6) is 0 Å². The van der Waals surface area contributed by atoms with Crippen molar-refractivity contribution < 1.29 is 9.13 Å². The number of piperidine rings is 1. The van der Waals surface area contributed by atoms with Gasteiger partial charge in [0, 0.05) is 37.7 Å². The van der Waals surface area contributed by atoms with Crippen LogP contribution in [-0.4, -0.2) is 48.4 Å². The molecule has 1 atom stereocenters. The monoisotopic (exact) mass is 328 g/mol. The quantitative estimate of drug-likeness (QED) is 0.847. The molecule has 0 radical (unpaired) electrons. The minimum atomic E-state index is -0.248. The average molecular weight is 328 g/mol. The molecular formula is C18H21FN4O. The van der Waals surface area contributed by atoms with Crippen LogP contribution < -0.4 is 9.80 Å². The lowest BCUT2D eigenvalue weighted by Gasteiger charge is -2.48. The second-order valence-electron chi connectivity index (χ2n) is 6.51. The maximum atomic E-state index is 13.6. The molecular weight excluding hydrogens is 307 g/mol. The molecule has 1 spiro atoms. The van der Waals surface area contributed by atoms with Crippen molar-refractivity contribution in [2.24, 2.45) is 0 Å². The fraction of sp³-hybridized carbons (Fsp3) is 0.444. The first kappa shape index (κ1) is 15.3. The van der Waals surface area contributed by atoms with E-state index in [2.05, 4.69) is 19.8 Å². The van der Waals surface area contributed by atoms with E-state index >= 15 is 0 Å². The Balaban J connectivity index is 1.53. The Hall–Kier alpha value is -2.21. The number of nitrogens with zero attached hydrogens (tertiary/aromatic N) is 4. The van der Waals surface area contributed by atoms with Crippen LogP contribution in [0.4, 0.5) is 16.0 Å². The van der Waals surface area contributed by atoms with E-state index in [0.29, 0.717) is 6.61 Å². The van der Waals surface area contributed by atoms with Crippen LogP contribution in [0.15, 0.2) is 42.7 Å². The van der Waals surface area contributed by atoms with Gasteiger partial charge in [-0.05, 0) is 37.1 Å². The number of rotatable bonds is 2. The summed E-state index contributed by atoms with van der Waals surface area (Å²) < 4.78 is 19.8. The van der Waals surface area contributed by atoms with Crippen molar-refractivity contribution in [2.45, 2.75) is 18.4 Å². The summed E-state index contributed by atoms with van der Waals surface area (Å²) in [5.74, 6) is 0.555. The van der Waals surface area contributed by atoms with Crippen molar-refractivity contribution in [3.05, 3.63) is 48.5 Å². The second-order valence-corrected chi connectivity index (χ2v) is 6.51. The molecule has 6 heteroatoms. The van der Waals surface area contributed by atoms with Crippen molar-refractivity contribution in [1.82, 2.24) is 9.97 Å². The molecule has 2 aliphatic heterocycles. The van der Waals surface area contributed by atoms with Gasteiger partial charge in [0.25, 0.3) is 0 Å². The van der Waals surface area contributed by atoms with Crippen molar-refractivity contribution in [1.29, 1.82) is 0 Å². The third-order valence-electron chi connectivity index (χ3n) is 4.80. The summed E-state index contributed by atoms with van der Waals surface area (Å²) in [4.78, 5) is 13.1. The lowest BCUT2D eigenvalue weighted by molar-refractivity contribution is -0.0632. The van der Waals surface area contributed by atoms with Crippen LogP contribution in [0.25, 0.3) is 0 Å². The van der Waals surface area contributed by atoms with Gasteiger partial charge in [0.2, 0.25) is 5.95 Å². The van der Waals surface area contributed by atoms with Crippen LogP contribution in [-0.2, 0) is 4.74 Å². The van der Waals surface area contributed by atoms with Crippen LogP contribution in [0.2, 0.25) is 0 Å². The molecule has 126 valence electrons. The molecule has 5 nitrogen and oxygen atoms in total. The van der Waals surface area contributed by atoms with E-state index < -0.39 is 0 Å². The summed E-state index contributed by atoms with van der Waals surface area (Å²) in [6.45, 7) is 3.92. The van der Waals surface area contributed by atoms with E-state index in [-0.39, 0.29) is 11.4 Å². The van der Waals surface area contributed by atoms with Crippen LogP contribution in [0.3, 0.4) is 0 Å². The van der Waals surface area contributed by atoms with Crippen molar-refractivity contribution in [3.63, 3.8) is 0 Å². The molecule has 4 rings (SSSR count). The normalized spacial score (nSPS) is 24.4. The van der Waals surface area contributed by atoms with E-state index in [9.17, 15) is 4.39 Å². The Morgan fingerprint density at radius 2 is 1.88 bits per heavy atom. The average Bonchev–Trinajstić information content (AvgIpc) is 2.63. The number of hydrogen-bond acceptors (Lipinski definition) is 5. The lowest BCUT2D eigenvalue weighted by Crippen LogP contribution is -2.60. The standard InChI is InChI=1S/C18H21FN4O/c19-15-4-1-5-16(12-15)22-9-2-6-18(13-22)14-23(10-11-24-18)17-20-7-3-8-21-17/h1,3-5,7-8,12H,2,6,9-11,13-14H2/t18-/m0/s1. The van der Waals surface area contributed by atoms with Gasteiger partial charge in [-0.25, -0.2) is 14.4 Å². The van der Waals surface area contributed by atoms with E-state index in [1.165, 1.54) is 6.07 Å². The zero-order valence-corrected chi connectivity index (χ0v) is 13.6. The van der Waals surface area contributed by atoms with E-state index in [1.807, 2.05) is 12.1 Å². The Labute approximate surface area is 141 Å². The third kappa shape index (κ3) is 3.06. The molecule has 0 saturated carbocycles. The number of benzene rings is 1. The highest BCUT2D eigenvalue weighted by molar-refractivity contribution is 5.48. The van der Waals surface area contributed by atoms with Gasteiger partial charge in [0.15, 0.2) is 0 Å². The van der Waals surface area contributed by atoms with E-state index in [0.717, 1.165) is 50.7 Å². The predicted octanol–water partition coefficient (Wildman–Crippen LogP) is 2.49. The molecule has 0 N–H and O–H groups in total. The van der Waals surface area contributed by atoms with Gasteiger partial charge >= 0.3 is 0 Å². The largest absolute Gasteiger partial charge is 0.369 e. The number of ether oxygens (including phenoxy) is 1. The molecule has 0 amide bonds. The fourth-order valence-corrected chi connectivity index (χ4v) is 3.71. The van der Waals surface area contributed by atoms with Gasteiger partial charge in [0.05, 0.1) is 13.2 Å². The summed E-state index contributed by atoms with van der Waals surface area (Å²) in [6.07, 6.45) is 5.57. The molecule has 1 aromatic heterocycles. The SMILES string of the molecule is Fc1cccc(N2CCC[C@]3(C2)CN(c2ncccn2)CCO3)c1. The number of aromatic nitrogens is 2. The fourth-order valence-electron chi connectivity index (χ4n) is 3.71. The van der Waals surface area contributed by atoms with Crippen LogP contribution in [0.1, 0.15) is 12.8 Å². The molecule has 2 aliphatic rings. The van der Waals surface area contributed by atoms with E-state index in [4.69, 9.17) is 4.74 Å². The Bertz CT molecular complexity index is 694. The first-order valence-electron chi connectivity index (χ1n) is 8.41. The lowest BCUT2D eigenvalue weighted by atomic mass is 9.90. The Morgan fingerprint density at radius 1 is 1.04 bits per heavy atom. The molecule has 2 saturated heterocycles. The first-order chi connectivity index (χ1) is 11.7. The minimum Gasteiger partial charge on any atom is -0.369 e. The minimum absolute atomic E-state index is 0.198. The summed E-state index contributed by atoms with van der Waals surface area (Å²) in [6, 6.07) is 8.63. The highest BCUT2D eigenvalue weighted by Crippen LogP contribution is 2.32. The van der Waals surface area contributed by atoms with E-state index in [1.54, 1.807) is 24.5 Å². The Morgan fingerprint density at radius 3 is 2.71 bits per heavy atom. The third-order valence-corrected chi connectivity index (χ3v) is 4.80. The molecule has 2 aromatic rings. The number of anilines is 2. The van der Waals surface area contributed by atoms with Crippen molar-refractivity contribution >= 4 is 11.6 Å². The maximum absolute atomic E-state index is 13.6.